The Hall–Kier alpha value is -1.32. The van der Waals surface area contributed by atoms with Gasteiger partial charge in [0.2, 0.25) is 5.91 Å². The van der Waals surface area contributed by atoms with Crippen molar-refractivity contribution in [1.82, 2.24) is 14.7 Å². The fraction of sp³-hybridized carbons (Fsp3) is 0.667. The number of likely N-dealkylation sites (tertiary alicyclic amines) is 1. The Kier molecular flexibility index (Phi) is 2.74. The van der Waals surface area contributed by atoms with Crippen LogP contribution >= 0.6 is 0 Å². The molecule has 1 aliphatic heterocycles. The predicted octanol–water partition coefficient (Wildman–Crippen LogP) is 1.39. The van der Waals surface area contributed by atoms with Gasteiger partial charge in [-0.3, -0.25) is 9.48 Å². The van der Waals surface area contributed by atoms with Crippen LogP contribution in [0.15, 0.2) is 18.5 Å². The molecule has 0 unspecified atom stereocenters. The summed E-state index contributed by atoms with van der Waals surface area (Å²) in [6, 6.07) is 1.93. The summed E-state index contributed by atoms with van der Waals surface area (Å²) in [5, 5.41) is 4.17. The smallest absolute Gasteiger partial charge is 0.227 e. The summed E-state index contributed by atoms with van der Waals surface area (Å²) >= 11 is 0. The molecular weight excluding hydrogens is 202 g/mol. The summed E-state index contributed by atoms with van der Waals surface area (Å²) in [5.41, 5.74) is -0.253. The van der Waals surface area contributed by atoms with Crippen LogP contribution in [0.25, 0.3) is 0 Å². The molecule has 2 heterocycles. The molecule has 1 aromatic rings. The molecule has 88 valence electrons. The second-order valence-electron chi connectivity index (χ2n) is 5.55. The largest absolute Gasteiger partial charge is 0.341 e. The molecular formula is C12H19N3O. The molecule has 16 heavy (non-hydrogen) atoms. The van der Waals surface area contributed by atoms with Crippen LogP contribution in [0.4, 0.5) is 0 Å². The van der Waals surface area contributed by atoms with Crippen molar-refractivity contribution in [3.8, 4) is 0 Å². The van der Waals surface area contributed by atoms with Crippen molar-refractivity contribution in [1.29, 1.82) is 0 Å². The van der Waals surface area contributed by atoms with Gasteiger partial charge in [-0.05, 0) is 6.07 Å². The Balaban J connectivity index is 1.80. The Labute approximate surface area is 96.2 Å². The van der Waals surface area contributed by atoms with E-state index in [-0.39, 0.29) is 11.3 Å². The fourth-order valence-electron chi connectivity index (χ4n) is 2.00. The molecule has 0 aliphatic carbocycles. The van der Waals surface area contributed by atoms with Crippen molar-refractivity contribution in [3.63, 3.8) is 0 Å². The quantitative estimate of drug-likeness (QED) is 0.757. The summed E-state index contributed by atoms with van der Waals surface area (Å²) in [6.07, 6.45) is 3.75. The van der Waals surface area contributed by atoms with Gasteiger partial charge in [0.05, 0.1) is 0 Å². The van der Waals surface area contributed by atoms with E-state index in [9.17, 15) is 4.79 Å². The van der Waals surface area contributed by atoms with Crippen molar-refractivity contribution in [3.05, 3.63) is 18.5 Å². The van der Waals surface area contributed by atoms with Crippen molar-refractivity contribution in [2.45, 2.75) is 27.3 Å². The molecule has 0 radical (unpaired) electrons. The van der Waals surface area contributed by atoms with Crippen LogP contribution in [0.5, 0.6) is 0 Å². The van der Waals surface area contributed by atoms with Gasteiger partial charge in [-0.1, -0.05) is 20.8 Å². The standard InChI is InChI=1S/C12H19N3O/c1-12(2,3)11(16)14-7-10(8-14)9-15-6-4-5-13-15/h4-6,10H,7-9H2,1-3H3. The van der Waals surface area contributed by atoms with E-state index in [1.54, 1.807) is 6.20 Å². The average Bonchev–Trinajstić information content (AvgIpc) is 2.60. The first-order chi connectivity index (χ1) is 7.47. The molecule has 1 aromatic heterocycles. The van der Waals surface area contributed by atoms with Gasteiger partial charge in [0.15, 0.2) is 0 Å². The van der Waals surface area contributed by atoms with E-state index in [0.29, 0.717) is 5.92 Å². The number of carbonyl (C=O) groups is 1. The molecule has 0 aromatic carbocycles. The van der Waals surface area contributed by atoms with Crippen LogP contribution in [0.3, 0.4) is 0 Å². The molecule has 0 spiro atoms. The van der Waals surface area contributed by atoms with E-state index in [1.807, 2.05) is 42.6 Å². The Morgan fingerprint density at radius 1 is 1.44 bits per heavy atom. The van der Waals surface area contributed by atoms with Crippen molar-refractivity contribution in [2.75, 3.05) is 13.1 Å². The van der Waals surface area contributed by atoms with Crippen LogP contribution in [0, 0.1) is 11.3 Å². The highest BCUT2D eigenvalue weighted by molar-refractivity contribution is 5.82. The maximum Gasteiger partial charge on any atom is 0.227 e. The number of amides is 1. The molecule has 1 amide bonds. The first-order valence-electron chi connectivity index (χ1n) is 5.73. The van der Waals surface area contributed by atoms with Crippen LogP contribution in [-0.2, 0) is 11.3 Å². The lowest BCUT2D eigenvalue weighted by Crippen LogP contribution is -2.54. The third-order valence-electron chi connectivity index (χ3n) is 2.89. The minimum Gasteiger partial charge on any atom is -0.341 e. The van der Waals surface area contributed by atoms with Gasteiger partial charge in [-0.25, -0.2) is 0 Å². The van der Waals surface area contributed by atoms with E-state index in [4.69, 9.17) is 0 Å². The predicted molar refractivity (Wildman–Crippen MR) is 61.8 cm³/mol. The van der Waals surface area contributed by atoms with Crippen LogP contribution in [-0.4, -0.2) is 33.7 Å². The highest BCUT2D eigenvalue weighted by Crippen LogP contribution is 2.25. The molecule has 0 saturated carbocycles. The monoisotopic (exact) mass is 221 g/mol. The molecule has 4 heteroatoms. The fourth-order valence-corrected chi connectivity index (χ4v) is 2.00. The molecule has 1 fully saturated rings. The first kappa shape index (κ1) is 11.2. The molecule has 2 rings (SSSR count). The van der Waals surface area contributed by atoms with E-state index >= 15 is 0 Å². The van der Waals surface area contributed by atoms with Crippen molar-refractivity contribution in [2.24, 2.45) is 11.3 Å². The van der Waals surface area contributed by atoms with Gasteiger partial charge in [0.25, 0.3) is 0 Å². The molecule has 0 atom stereocenters. The van der Waals surface area contributed by atoms with Gasteiger partial charge in [-0.2, -0.15) is 5.10 Å². The number of nitrogens with zero attached hydrogens (tertiary/aromatic N) is 3. The van der Waals surface area contributed by atoms with E-state index in [2.05, 4.69) is 5.10 Å². The molecule has 4 nitrogen and oxygen atoms in total. The normalized spacial score (nSPS) is 17.3. The van der Waals surface area contributed by atoms with Gasteiger partial charge < -0.3 is 4.90 Å². The van der Waals surface area contributed by atoms with Crippen LogP contribution in [0.1, 0.15) is 20.8 Å². The highest BCUT2D eigenvalue weighted by Gasteiger charge is 2.36. The topological polar surface area (TPSA) is 38.1 Å². The summed E-state index contributed by atoms with van der Waals surface area (Å²) in [5.74, 6) is 0.815. The maximum atomic E-state index is 11.9. The Bertz CT molecular complexity index is 358. The second-order valence-corrected chi connectivity index (χ2v) is 5.55. The maximum absolute atomic E-state index is 11.9. The zero-order valence-electron chi connectivity index (χ0n) is 10.2. The third kappa shape index (κ3) is 2.26. The summed E-state index contributed by atoms with van der Waals surface area (Å²) in [6.45, 7) is 8.56. The highest BCUT2D eigenvalue weighted by atomic mass is 16.2. The molecule has 0 N–H and O–H groups in total. The number of hydrogen-bond donors (Lipinski definition) is 0. The number of aromatic nitrogens is 2. The van der Waals surface area contributed by atoms with Gasteiger partial charge in [0.1, 0.15) is 0 Å². The minimum atomic E-state index is -0.253. The van der Waals surface area contributed by atoms with E-state index in [1.165, 1.54) is 0 Å². The Morgan fingerprint density at radius 2 is 2.12 bits per heavy atom. The first-order valence-corrected chi connectivity index (χ1v) is 5.73. The average molecular weight is 221 g/mol. The summed E-state index contributed by atoms with van der Waals surface area (Å²) < 4.78 is 1.93. The molecule has 1 aliphatic rings. The second kappa shape index (κ2) is 3.92. The minimum absolute atomic E-state index is 0.253. The third-order valence-corrected chi connectivity index (χ3v) is 2.89. The van der Waals surface area contributed by atoms with Crippen LogP contribution < -0.4 is 0 Å². The SMILES string of the molecule is CC(C)(C)C(=O)N1CC(Cn2cccn2)C1. The van der Waals surface area contributed by atoms with Gasteiger partial charge in [0, 0.05) is 43.4 Å². The van der Waals surface area contributed by atoms with Crippen molar-refractivity contribution >= 4 is 5.91 Å². The Morgan fingerprint density at radius 3 is 2.62 bits per heavy atom. The van der Waals surface area contributed by atoms with Gasteiger partial charge >= 0.3 is 0 Å². The molecule has 0 bridgehead atoms. The molecule has 1 saturated heterocycles. The van der Waals surface area contributed by atoms with Crippen LogP contribution in [0.2, 0.25) is 0 Å². The number of rotatable bonds is 2. The summed E-state index contributed by atoms with van der Waals surface area (Å²) in [7, 11) is 0. The van der Waals surface area contributed by atoms with Crippen molar-refractivity contribution < 1.29 is 4.79 Å². The number of carbonyl (C=O) groups excluding carboxylic acids is 1. The zero-order chi connectivity index (χ0) is 11.8. The lowest BCUT2D eigenvalue weighted by atomic mass is 9.90. The van der Waals surface area contributed by atoms with E-state index in [0.717, 1.165) is 19.6 Å². The summed E-state index contributed by atoms with van der Waals surface area (Å²) in [4.78, 5) is 13.8. The van der Waals surface area contributed by atoms with Gasteiger partial charge in [-0.15, -0.1) is 0 Å². The lowest BCUT2D eigenvalue weighted by Gasteiger charge is -2.42. The zero-order valence-corrected chi connectivity index (χ0v) is 10.2. The lowest BCUT2D eigenvalue weighted by molar-refractivity contribution is -0.146. The number of hydrogen-bond acceptors (Lipinski definition) is 2. The van der Waals surface area contributed by atoms with E-state index < -0.39 is 0 Å².